The standard InChI is InChI=1S/C27H31NO3/c1-17(2)13-26(29)18-14-19-11-12-20(15-18)28(19)27(30)31-16-25-23-9-5-3-7-21(23)22-8-4-6-10-24(22)25/h3-10,17-20,25H,11-16H2,1-2H3. The summed E-state index contributed by atoms with van der Waals surface area (Å²) in [6.07, 6.45) is 4.01. The Bertz CT molecular complexity index is 938. The molecule has 0 spiro atoms. The number of carbonyl (C=O) groups excluding carboxylic acids is 2. The minimum atomic E-state index is -0.205. The molecule has 2 fully saturated rings. The van der Waals surface area contributed by atoms with Crippen molar-refractivity contribution in [3.05, 3.63) is 59.7 Å². The number of Topliss-reactive ketones (excluding diaryl/α,β-unsaturated/α-hetero) is 1. The van der Waals surface area contributed by atoms with Crippen LogP contribution in [-0.4, -0.2) is 35.5 Å². The molecule has 31 heavy (non-hydrogen) atoms. The summed E-state index contributed by atoms with van der Waals surface area (Å²) in [4.78, 5) is 27.7. The van der Waals surface area contributed by atoms with E-state index in [0.29, 0.717) is 24.7 Å². The lowest BCUT2D eigenvalue weighted by Gasteiger charge is -2.38. The first-order chi connectivity index (χ1) is 15.0. The summed E-state index contributed by atoms with van der Waals surface area (Å²) in [5, 5.41) is 0. The van der Waals surface area contributed by atoms with E-state index in [2.05, 4.69) is 62.4 Å². The molecule has 2 saturated heterocycles. The molecular formula is C27H31NO3. The van der Waals surface area contributed by atoms with Crippen molar-refractivity contribution in [3.63, 3.8) is 0 Å². The molecule has 2 aromatic rings. The molecule has 4 heteroatoms. The molecule has 0 saturated carbocycles. The van der Waals surface area contributed by atoms with E-state index in [0.717, 1.165) is 25.7 Å². The molecule has 2 heterocycles. The molecular weight excluding hydrogens is 386 g/mol. The third-order valence-electron chi connectivity index (χ3n) is 7.34. The molecule has 0 radical (unpaired) electrons. The fourth-order valence-electron chi connectivity index (χ4n) is 5.98. The summed E-state index contributed by atoms with van der Waals surface area (Å²) in [6, 6.07) is 17.1. The average Bonchev–Trinajstić information content (AvgIpc) is 3.22. The quantitative estimate of drug-likeness (QED) is 0.618. The summed E-state index contributed by atoms with van der Waals surface area (Å²) in [5.74, 6) is 0.959. The number of hydrogen-bond donors (Lipinski definition) is 0. The van der Waals surface area contributed by atoms with Crippen LogP contribution in [0.3, 0.4) is 0 Å². The molecule has 2 unspecified atom stereocenters. The molecule has 1 amide bonds. The van der Waals surface area contributed by atoms with E-state index in [-0.39, 0.29) is 30.0 Å². The van der Waals surface area contributed by atoms with Crippen molar-refractivity contribution in [1.29, 1.82) is 0 Å². The van der Waals surface area contributed by atoms with Gasteiger partial charge in [-0.1, -0.05) is 62.4 Å². The van der Waals surface area contributed by atoms with Gasteiger partial charge in [-0.3, -0.25) is 4.79 Å². The average molecular weight is 418 g/mol. The normalized spacial score (nSPS) is 24.2. The summed E-state index contributed by atoms with van der Waals surface area (Å²) in [5.41, 5.74) is 4.95. The van der Waals surface area contributed by atoms with Gasteiger partial charge >= 0.3 is 6.09 Å². The Morgan fingerprint density at radius 3 is 2.03 bits per heavy atom. The van der Waals surface area contributed by atoms with Crippen molar-refractivity contribution in [3.8, 4) is 11.1 Å². The van der Waals surface area contributed by atoms with Crippen molar-refractivity contribution in [2.24, 2.45) is 11.8 Å². The number of piperidine rings is 1. The molecule has 0 N–H and O–H groups in total. The number of nitrogens with zero attached hydrogens (tertiary/aromatic N) is 1. The SMILES string of the molecule is CC(C)CC(=O)C1CC2CCC(C1)N2C(=O)OCC1c2ccccc2-c2ccccc21. The molecule has 162 valence electrons. The summed E-state index contributed by atoms with van der Waals surface area (Å²) >= 11 is 0. The van der Waals surface area contributed by atoms with Gasteiger partial charge < -0.3 is 9.64 Å². The van der Waals surface area contributed by atoms with Gasteiger partial charge in [0.2, 0.25) is 0 Å². The number of ether oxygens (including phenoxy) is 1. The molecule has 3 aliphatic rings. The van der Waals surface area contributed by atoms with E-state index in [9.17, 15) is 9.59 Å². The van der Waals surface area contributed by atoms with Gasteiger partial charge in [0.15, 0.2) is 0 Å². The lowest BCUT2D eigenvalue weighted by molar-refractivity contribution is -0.125. The van der Waals surface area contributed by atoms with Crippen LogP contribution in [0.1, 0.15) is 63.0 Å². The summed E-state index contributed by atoms with van der Waals surface area (Å²) < 4.78 is 5.92. The zero-order chi connectivity index (χ0) is 21.5. The Morgan fingerprint density at radius 1 is 0.935 bits per heavy atom. The zero-order valence-electron chi connectivity index (χ0n) is 18.4. The van der Waals surface area contributed by atoms with E-state index in [1.54, 1.807) is 0 Å². The van der Waals surface area contributed by atoms with Gasteiger partial charge in [0.25, 0.3) is 0 Å². The maximum Gasteiger partial charge on any atom is 0.410 e. The van der Waals surface area contributed by atoms with Gasteiger partial charge in [-0.2, -0.15) is 0 Å². The van der Waals surface area contributed by atoms with Crippen molar-refractivity contribution < 1.29 is 14.3 Å². The van der Waals surface area contributed by atoms with Crippen LogP contribution in [-0.2, 0) is 9.53 Å². The molecule has 1 aliphatic carbocycles. The van der Waals surface area contributed by atoms with Crippen molar-refractivity contribution in [2.45, 2.75) is 64.0 Å². The number of fused-ring (bicyclic) bond motifs is 5. The highest BCUT2D eigenvalue weighted by atomic mass is 16.6. The van der Waals surface area contributed by atoms with Gasteiger partial charge in [-0.25, -0.2) is 4.79 Å². The van der Waals surface area contributed by atoms with Crippen molar-refractivity contribution >= 4 is 11.9 Å². The number of ketones is 1. The van der Waals surface area contributed by atoms with E-state index < -0.39 is 0 Å². The second kappa shape index (κ2) is 8.14. The van der Waals surface area contributed by atoms with Crippen LogP contribution < -0.4 is 0 Å². The lowest BCUT2D eigenvalue weighted by Crippen LogP contribution is -2.48. The summed E-state index contributed by atoms with van der Waals surface area (Å²) in [6.45, 7) is 4.55. The smallest absolute Gasteiger partial charge is 0.410 e. The van der Waals surface area contributed by atoms with Crippen molar-refractivity contribution in [2.75, 3.05) is 6.61 Å². The second-order valence-electron chi connectivity index (χ2n) is 9.83. The minimum Gasteiger partial charge on any atom is -0.448 e. The van der Waals surface area contributed by atoms with Gasteiger partial charge in [0.1, 0.15) is 12.4 Å². The predicted molar refractivity (Wildman–Crippen MR) is 121 cm³/mol. The Labute approximate surface area is 184 Å². The van der Waals surface area contributed by atoms with Crippen LogP contribution >= 0.6 is 0 Å². The second-order valence-corrected chi connectivity index (χ2v) is 9.83. The van der Waals surface area contributed by atoms with Gasteiger partial charge in [0.05, 0.1) is 0 Å². The largest absolute Gasteiger partial charge is 0.448 e. The molecule has 5 rings (SSSR count). The van der Waals surface area contributed by atoms with E-state index >= 15 is 0 Å². The first-order valence-electron chi connectivity index (χ1n) is 11.7. The van der Waals surface area contributed by atoms with E-state index in [1.165, 1.54) is 22.3 Å². The van der Waals surface area contributed by atoms with Crippen LogP contribution in [0, 0.1) is 11.8 Å². The number of rotatable bonds is 5. The Morgan fingerprint density at radius 2 is 1.48 bits per heavy atom. The predicted octanol–water partition coefficient (Wildman–Crippen LogP) is 5.79. The van der Waals surface area contributed by atoms with Gasteiger partial charge in [0, 0.05) is 30.3 Å². The van der Waals surface area contributed by atoms with E-state index in [1.807, 2.05) is 4.90 Å². The fraction of sp³-hybridized carbons (Fsp3) is 0.481. The molecule has 2 aromatic carbocycles. The topological polar surface area (TPSA) is 46.6 Å². The van der Waals surface area contributed by atoms with Crippen LogP contribution in [0.25, 0.3) is 11.1 Å². The highest BCUT2D eigenvalue weighted by molar-refractivity contribution is 5.82. The molecule has 4 nitrogen and oxygen atoms in total. The lowest BCUT2D eigenvalue weighted by atomic mass is 9.84. The maximum absolute atomic E-state index is 13.1. The first kappa shape index (κ1) is 20.3. The van der Waals surface area contributed by atoms with Crippen LogP contribution in [0.4, 0.5) is 4.79 Å². The fourth-order valence-corrected chi connectivity index (χ4v) is 5.98. The first-order valence-corrected chi connectivity index (χ1v) is 11.7. The Hall–Kier alpha value is -2.62. The Kier molecular flexibility index (Phi) is 5.33. The number of amides is 1. The molecule has 2 bridgehead atoms. The highest BCUT2D eigenvalue weighted by Gasteiger charge is 2.46. The van der Waals surface area contributed by atoms with Gasteiger partial charge in [-0.05, 0) is 53.9 Å². The summed E-state index contributed by atoms with van der Waals surface area (Å²) in [7, 11) is 0. The third-order valence-corrected chi connectivity index (χ3v) is 7.34. The minimum absolute atomic E-state index is 0.0826. The third kappa shape index (κ3) is 3.66. The maximum atomic E-state index is 13.1. The van der Waals surface area contributed by atoms with Gasteiger partial charge in [-0.15, -0.1) is 0 Å². The zero-order valence-corrected chi connectivity index (χ0v) is 18.4. The molecule has 0 aromatic heterocycles. The van der Waals surface area contributed by atoms with Crippen LogP contribution in [0.5, 0.6) is 0 Å². The number of hydrogen-bond acceptors (Lipinski definition) is 3. The van der Waals surface area contributed by atoms with Crippen LogP contribution in [0.2, 0.25) is 0 Å². The number of benzene rings is 2. The highest BCUT2D eigenvalue weighted by Crippen LogP contribution is 2.45. The van der Waals surface area contributed by atoms with Crippen LogP contribution in [0.15, 0.2) is 48.5 Å². The van der Waals surface area contributed by atoms with E-state index in [4.69, 9.17) is 4.74 Å². The molecule has 2 aliphatic heterocycles. The molecule has 2 atom stereocenters. The Balaban J connectivity index is 1.27. The monoisotopic (exact) mass is 417 g/mol. The number of carbonyl (C=O) groups is 2. The van der Waals surface area contributed by atoms with Crippen molar-refractivity contribution in [1.82, 2.24) is 4.90 Å².